The van der Waals surface area contributed by atoms with Crippen LogP contribution in [-0.2, 0) is 16.0 Å². The summed E-state index contributed by atoms with van der Waals surface area (Å²) in [6.45, 7) is 2.98. The third kappa shape index (κ3) is 1.93. The third-order valence-corrected chi connectivity index (χ3v) is 6.53. The summed E-state index contributed by atoms with van der Waals surface area (Å²) in [4.78, 5) is 29.8. The number of carbonyl (C=O) groups is 2. The zero-order valence-corrected chi connectivity index (χ0v) is 15.1. The fourth-order valence-electron chi connectivity index (χ4n) is 5.35. The summed E-state index contributed by atoms with van der Waals surface area (Å²) in [5.41, 5.74) is 4.90. The lowest BCUT2D eigenvalue weighted by molar-refractivity contribution is -0.140. The molecule has 3 aliphatic rings. The zero-order valence-electron chi connectivity index (χ0n) is 15.1. The van der Waals surface area contributed by atoms with Crippen molar-refractivity contribution in [2.75, 3.05) is 13.6 Å². The Labute approximate surface area is 153 Å². The molecule has 4 atom stereocenters. The highest BCUT2D eigenvalue weighted by Gasteiger charge is 2.62. The monoisotopic (exact) mass is 346 g/mol. The van der Waals surface area contributed by atoms with Crippen molar-refractivity contribution in [3.8, 4) is 0 Å². The van der Waals surface area contributed by atoms with Crippen molar-refractivity contribution in [1.29, 1.82) is 0 Å². The number of hydrogen-bond donors (Lipinski definition) is 0. The molecular weight excluding hydrogens is 324 g/mol. The molecule has 0 saturated carbocycles. The van der Waals surface area contributed by atoms with E-state index in [2.05, 4.69) is 42.2 Å². The van der Waals surface area contributed by atoms with Crippen molar-refractivity contribution < 1.29 is 9.59 Å². The standard InChI is InChI=1S/C22H22N2O2/c1-13-7-3-5-9-15(13)19-17-18(22(26)23(2)21(17)25)20-16-10-6-4-8-14(16)11-12-24(19)20/h3-10,17-20H,11-12H2,1-2H3/t17-,18+,19+,20+/m1/s1. The molecule has 132 valence electrons. The SMILES string of the molecule is Cc1ccccc1[C@H]1[C@@H]2C(=O)N(C)C(=O)[C@@H]2[C@@H]2c3ccccc3CCN12. The Bertz CT molecular complexity index is 922. The molecule has 0 aromatic heterocycles. The number of fused-ring (bicyclic) bond motifs is 5. The minimum Gasteiger partial charge on any atom is -0.287 e. The van der Waals surface area contributed by atoms with Crippen LogP contribution in [0.15, 0.2) is 48.5 Å². The van der Waals surface area contributed by atoms with Gasteiger partial charge in [0, 0.05) is 25.7 Å². The maximum atomic E-state index is 13.0. The summed E-state index contributed by atoms with van der Waals surface area (Å²) in [6, 6.07) is 16.7. The minimum absolute atomic E-state index is 0.00374. The van der Waals surface area contributed by atoms with E-state index in [-0.39, 0.29) is 35.7 Å². The van der Waals surface area contributed by atoms with Crippen molar-refractivity contribution >= 4 is 11.8 Å². The summed E-state index contributed by atoms with van der Waals surface area (Å²) in [5, 5.41) is 0. The van der Waals surface area contributed by atoms with Gasteiger partial charge in [-0.05, 0) is 35.6 Å². The second-order valence-corrected chi connectivity index (χ2v) is 7.72. The Balaban J connectivity index is 1.72. The first kappa shape index (κ1) is 15.8. The lowest BCUT2D eigenvalue weighted by Gasteiger charge is -2.38. The molecule has 0 radical (unpaired) electrons. The number of carbonyl (C=O) groups excluding carboxylic acids is 2. The number of rotatable bonds is 1. The minimum atomic E-state index is -0.287. The normalized spacial score (nSPS) is 30.3. The third-order valence-electron chi connectivity index (χ3n) is 6.53. The van der Waals surface area contributed by atoms with E-state index in [1.54, 1.807) is 7.05 Å². The van der Waals surface area contributed by atoms with Crippen molar-refractivity contribution in [3.63, 3.8) is 0 Å². The first-order chi connectivity index (χ1) is 12.6. The Morgan fingerprint density at radius 2 is 1.42 bits per heavy atom. The van der Waals surface area contributed by atoms with E-state index in [0.29, 0.717) is 0 Å². The van der Waals surface area contributed by atoms with Gasteiger partial charge in [-0.1, -0.05) is 48.5 Å². The van der Waals surface area contributed by atoms with Gasteiger partial charge >= 0.3 is 0 Å². The van der Waals surface area contributed by atoms with Gasteiger partial charge < -0.3 is 0 Å². The van der Waals surface area contributed by atoms with Gasteiger partial charge in [-0.2, -0.15) is 0 Å². The van der Waals surface area contributed by atoms with Crippen LogP contribution in [0, 0.1) is 18.8 Å². The van der Waals surface area contributed by atoms with Gasteiger partial charge in [-0.3, -0.25) is 19.4 Å². The number of benzene rings is 2. The van der Waals surface area contributed by atoms with E-state index >= 15 is 0 Å². The largest absolute Gasteiger partial charge is 0.287 e. The smallest absolute Gasteiger partial charge is 0.234 e. The molecule has 3 heterocycles. The van der Waals surface area contributed by atoms with Crippen molar-refractivity contribution in [1.82, 2.24) is 9.80 Å². The Kier molecular flexibility index (Phi) is 3.35. The average Bonchev–Trinajstić information content (AvgIpc) is 3.11. The van der Waals surface area contributed by atoms with E-state index in [1.807, 2.05) is 18.2 Å². The van der Waals surface area contributed by atoms with Crippen molar-refractivity contribution in [2.45, 2.75) is 25.4 Å². The van der Waals surface area contributed by atoms with Crippen LogP contribution < -0.4 is 0 Å². The number of imide groups is 1. The van der Waals surface area contributed by atoms with Crippen LogP contribution in [0.4, 0.5) is 0 Å². The average molecular weight is 346 g/mol. The first-order valence-electron chi connectivity index (χ1n) is 9.30. The number of hydrogen-bond acceptors (Lipinski definition) is 3. The molecule has 2 fully saturated rings. The summed E-state index contributed by atoms with van der Waals surface area (Å²) in [6.07, 6.45) is 0.965. The molecule has 4 nitrogen and oxygen atoms in total. The molecule has 0 aliphatic carbocycles. The topological polar surface area (TPSA) is 40.6 Å². The van der Waals surface area contributed by atoms with Gasteiger partial charge in [0.25, 0.3) is 0 Å². The molecule has 3 aliphatic heterocycles. The van der Waals surface area contributed by atoms with Gasteiger partial charge in [-0.25, -0.2) is 0 Å². The van der Waals surface area contributed by atoms with E-state index in [1.165, 1.54) is 27.2 Å². The van der Waals surface area contributed by atoms with E-state index in [9.17, 15) is 9.59 Å². The molecular formula is C22H22N2O2. The summed E-state index contributed by atoms with van der Waals surface area (Å²) >= 11 is 0. The molecule has 26 heavy (non-hydrogen) atoms. The lowest BCUT2D eigenvalue weighted by atomic mass is 9.82. The highest BCUT2D eigenvalue weighted by molar-refractivity contribution is 6.06. The molecule has 2 amide bonds. The molecule has 0 spiro atoms. The van der Waals surface area contributed by atoms with Crippen LogP contribution in [0.3, 0.4) is 0 Å². The fraction of sp³-hybridized carbons (Fsp3) is 0.364. The van der Waals surface area contributed by atoms with E-state index < -0.39 is 0 Å². The molecule has 2 saturated heterocycles. The Morgan fingerprint density at radius 3 is 2.12 bits per heavy atom. The molecule has 5 rings (SSSR count). The van der Waals surface area contributed by atoms with Crippen LogP contribution >= 0.6 is 0 Å². The van der Waals surface area contributed by atoms with Crippen molar-refractivity contribution in [3.05, 3.63) is 70.8 Å². The molecule has 4 heteroatoms. The second kappa shape index (κ2) is 5.52. The molecule has 2 aromatic rings. The van der Waals surface area contributed by atoms with Gasteiger partial charge in [0.1, 0.15) is 0 Å². The number of aryl methyl sites for hydroxylation is 1. The van der Waals surface area contributed by atoms with Gasteiger partial charge in [0.2, 0.25) is 11.8 Å². The van der Waals surface area contributed by atoms with Crippen LogP contribution in [0.2, 0.25) is 0 Å². The van der Waals surface area contributed by atoms with Gasteiger partial charge in [0.05, 0.1) is 11.8 Å². The predicted octanol–water partition coefficient (Wildman–Crippen LogP) is 2.88. The molecule has 0 bridgehead atoms. The molecule has 0 N–H and O–H groups in total. The lowest BCUT2D eigenvalue weighted by Crippen LogP contribution is -2.40. The highest BCUT2D eigenvalue weighted by atomic mass is 16.2. The van der Waals surface area contributed by atoms with Crippen molar-refractivity contribution in [2.24, 2.45) is 11.8 Å². The van der Waals surface area contributed by atoms with Crippen LogP contribution in [0.25, 0.3) is 0 Å². The summed E-state index contributed by atoms with van der Waals surface area (Å²) in [7, 11) is 1.64. The summed E-state index contributed by atoms with van der Waals surface area (Å²) < 4.78 is 0. The van der Waals surface area contributed by atoms with Gasteiger partial charge in [0.15, 0.2) is 0 Å². The first-order valence-corrected chi connectivity index (χ1v) is 9.30. The predicted molar refractivity (Wildman–Crippen MR) is 98.3 cm³/mol. The Morgan fingerprint density at radius 1 is 0.846 bits per heavy atom. The molecule has 2 aromatic carbocycles. The fourth-order valence-corrected chi connectivity index (χ4v) is 5.35. The maximum Gasteiger partial charge on any atom is 0.234 e. The molecule has 0 unspecified atom stereocenters. The van der Waals surface area contributed by atoms with E-state index in [4.69, 9.17) is 0 Å². The Hall–Kier alpha value is -2.46. The zero-order chi connectivity index (χ0) is 18.0. The summed E-state index contributed by atoms with van der Waals surface area (Å²) in [5.74, 6) is -0.619. The number of amides is 2. The van der Waals surface area contributed by atoms with E-state index in [0.717, 1.165) is 13.0 Å². The second-order valence-electron chi connectivity index (χ2n) is 7.72. The van der Waals surface area contributed by atoms with Crippen LogP contribution in [0.5, 0.6) is 0 Å². The van der Waals surface area contributed by atoms with Crippen LogP contribution in [-0.4, -0.2) is 35.2 Å². The van der Waals surface area contributed by atoms with Gasteiger partial charge in [-0.15, -0.1) is 0 Å². The maximum absolute atomic E-state index is 13.0. The quantitative estimate of drug-likeness (QED) is 0.746. The number of nitrogens with zero attached hydrogens (tertiary/aromatic N) is 2. The highest BCUT2D eigenvalue weighted by Crippen LogP contribution is 2.57. The van der Waals surface area contributed by atoms with Crippen LogP contribution in [0.1, 0.15) is 34.3 Å². The number of likely N-dealkylation sites (tertiary alicyclic amines) is 1.